The number of aromatic nitrogens is 2. The molecule has 23 heavy (non-hydrogen) atoms. The SMILES string of the molecule is COc1ccc(-c2c[n+]([O-])c3cc(OC)c(OC)cc3n2)cc1. The van der Waals surface area contributed by atoms with E-state index in [0.717, 1.165) is 16.0 Å². The number of fused-ring (bicyclic) bond motifs is 1. The van der Waals surface area contributed by atoms with Crippen molar-refractivity contribution in [1.29, 1.82) is 0 Å². The summed E-state index contributed by atoms with van der Waals surface area (Å²) in [6.07, 6.45) is 1.44. The number of methoxy groups -OCH3 is 3. The predicted octanol–water partition coefficient (Wildman–Crippen LogP) is 2.56. The highest BCUT2D eigenvalue weighted by Crippen LogP contribution is 2.31. The Morgan fingerprint density at radius 1 is 0.913 bits per heavy atom. The van der Waals surface area contributed by atoms with Gasteiger partial charge in [0, 0.05) is 11.6 Å². The van der Waals surface area contributed by atoms with Crippen LogP contribution in [0.1, 0.15) is 0 Å². The summed E-state index contributed by atoms with van der Waals surface area (Å²) >= 11 is 0. The molecule has 0 amide bonds. The fourth-order valence-corrected chi connectivity index (χ4v) is 2.36. The zero-order valence-electron chi connectivity index (χ0n) is 13.1. The van der Waals surface area contributed by atoms with Gasteiger partial charge in [0.15, 0.2) is 11.5 Å². The van der Waals surface area contributed by atoms with Crippen LogP contribution in [-0.2, 0) is 0 Å². The van der Waals surface area contributed by atoms with E-state index < -0.39 is 0 Å². The molecule has 6 nitrogen and oxygen atoms in total. The van der Waals surface area contributed by atoms with Crippen molar-refractivity contribution in [3.63, 3.8) is 0 Å². The maximum absolute atomic E-state index is 12.3. The number of nitrogens with zero attached hydrogens (tertiary/aromatic N) is 2. The Bertz CT molecular complexity index is 847. The van der Waals surface area contributed by atoms with Gasteiger partial charge in [0.1, 0.15) is 17.0 Å². The Balaban J connectivity index is 2.15. The van der Waals surface area contributed by atoms with Crippen LogP contribution >= 0.6 is 0 Å². The van der Waals surface area contributed by atoms with Crippen molar-refractivity contribution in [2.45, 2.75) is 0 Å². The van der Waals surface area contributed by atoms with Crippen LogP contribution in [0.25, 0.3) is 22.3 Å². The van der Waals surface area contributed by atoms with Gasteiger partial charge in [-0.3, -0.25) is 0 Å². The van der Waals surface area contributed by atoms with E-state index in [4.69, 9.17) is 14.2 Å². The lowest BCUT2D eigenvalue weighted by Crippen LogP contribution is -2.27. The molecule has 6 heteroatoms. The first kappa shape index (κ1) is 14.9. The molecule has 3 rings (SSSR count). The molecule has 0 fully saturated rings. The van der Waals surface area contributed by atoms with Crippen molar-refractivity contribution in [1.82, 2.24) is 4.98 Å². The van der Waals surface area contributed by atoms with Gasteiger partial charge >= 0.3 is 0 Å². The average molecular weight is 312 g/mol. The minimum absolute atomic E-state index is 0.417. The van der Waals surface area contributed by atoms with E-state index in [9.17, 15) is 5.21 Å². The first-order valence-corrected chi connectivity index (χ1v) is 6.96. The minimum Gasteiger partial charge on any atom is -0.618 e. The van der Waals surface area contributed by atoms with Crippen LogP contribution < -0.4 is 18.9 Å². The van der Waals surface area contributed by atoms with Crippen LogP contribution in [0.3, 0.4) is 0 Å². The van der Waals surface area contributed by atoms with E-state index in [1.54, 1.807) is 26.4 Å². The largest absolute Gasteiger partial charge is 0.618 e. The molecular weight excluding hydrogens is 296 g/mol. The molecule has 0 spiro atoms. The Morgan fingerprint density at radius 3 is 2.17 bits per heavy atom. The maximum Gasteiger partial charge on any atom is 0.246 e. The number of benzene rings is 2. The van der Waals surface area contributed by atoms with E-state index in [-0.39, 0.29) is 0 Å². The lowest BCUT2D eigenvalue weighted by Gasteiger charge is -2.10. The highest BCUT2D eigenvalue weighted by Gasteiger charge is 2.15. The molecule has 0 atom stereocenters. The Hall–Kier alpha value is -3.02. The summed E-state index contributed by atoms with van der Waals surface area (Å²) in [7, 11) is 4.68. The van der Waals surface area contributed by atoms with E-state index in [0.29, 0.717) is 28.2 Å². The number of hydrogen-bond acceptors (Lipinski definition) is 5. The minimum atomic E-state index is 0.417. The van der Waals surface area contributed by atoms with Crippen molar-refractivity contribution in [2.75, 3.05) is 21.3 Å². The Morgan fingerprint density at radius 2 is 1.57 bits per heavy atom. The summed E-state index contributed by atoms with van der Waals surface area (Å²) in [4.78, 5) is 4.55. The molecule has 0 saturated heterocycles. The second kappa shape index (κ2) is 6.00. The summed E-state index contributed by atoms with van der Waals surface area (Å²) in [6, 6.07) is 10.7. The second-order valence-electron chi connectivity index (χ2n) is 4.88. The van der Waals surface area contributed by atoms with Crippen molar-refractivity contribution < 1.29 is 18.9 Å². The lowest BCUT2D eigenvalue weighted by atomic mass is 10.1. The molecule has 0 radical (unpaired) electrons. The van der Waals surface area contributed by atoms with Crippen molar-refractivity contribution in [3.05, 3.63) is 47.8 Å². The van der Waals surface area contributed by atoms with Crippen LogP contribution in [0.5, 0.6) is 17.2 Å². The first-order chi connectivity index (χ1) is 11.2. The topological polar surface area (TPSA) is 67.5 Å². The third kappa shape index (κ3) is 2.70. The number of rotatable bonds is 4. The Labute approximate surface area is 133 Å². The molecule has 0 saturated carbocycles. The third-order valence-electron chi connectivity index (χ3n) is 3.58. The smallest absolute Gasteiger partial charge is 0.246 e. The van der Waals surface area contributed by atoms with E-state index in [1.807, 2.05) is 24.3 Å². The van der Waals surface area contributed by atoms with E-state index >= 15 is 0 Å². The molecule has 2 aromatic carbocycles. The van der Waals surface area contributed by atoms with Crippen LogP contribution in [0.4, 0.5) is 0 Å². The van der Waals surface area contributed by atoms with Gasteiger partial charge in [-0.15, -0.1) is 0 Å². The summed E-state index contributed by atoms with van der Waals surface area (Å²) < 4.78 is 16.4. The maximum atomic E-state index is 12.3. The van der Waals surface area contributed by atoms with Crippen molar-refractivity contribution in [3.8, 4) is 28.5 Å². The molecule has 1 aromatic heterocycles. The summed E-state index contributed by atoms with van der Waals surface area (Å²) in [5.74, 6) is 1.76. The number of hydrogen-bond donors (Lipinski definition) is 0. The standard InChI is InChI=1S/C17H16N2O4/c1-21-12-6-4-11(5-7-12)14-10-19(20)15-9-17(23-3)16(22-2)8-13(15)18-14/h4-10H,1-3H3. The monoisotopic (exact) mass is 312 g/mol. The molecule has 0 N–H and O–H groups in total. The van der Waals surface area contributed by atoms with E-state index in [1.165, 1.54) is 13.3 Å². The van der Waals surface area contributed by atoms with Gasteiger partial charge in [0.05, 0.1) is 27.4 Å². The predicted molar refractivity (Wildman–Crippen MR) is 85.8 cm³/mol. The van der Waals surface area contributed by atoms with Crippen LogP contribution in [0, 0.1) is 5.21 Å². The fraction of sp³-hybridized carbons (Fsp3) is 0.176. The zero-order valence-corrected chi connectivity index (χ0v) is 13.1. The molecule has 0 aliphatic rings. The molecule has 3 aromatic rings. The van der Waals surface area contributed by atoms with Crippen LogP contribution in [0.15, 0.2) is 42.6 Å². The lowest BCUT2D eigenvalue weighted by molar-refractivity contribution is -0.576. The molecule has 1 heterocycles. The van der Waals surface area contributed by atoms with Crippen LogP contribution in [0.2, 0.25) is 0 Å². The van der Waals surface area contributed by atoms with Gasteiger partial charge < -0.3 is 19.4 Å². The quantitative estimate of drug-likeness (QED) is 0.547. The number of ether oxygens (including phenoxy) is 3. The second-order valence-corrected chi connectivity index (χ2v) is 4.88. The molecule has 0 unspecified atom stereocenters. The highest BCUT2D eigenvalue weighted by atomic mass is 16.5. The fourth-order valence-electron chi connectivity index (χ4n) is 2.36. The van der Waals surface area contributed by atoms with Gasteiger partial charge in [0.2, 0.25) is 11.7 Å². The van der Waals surface area contributed by atoms with Crippen molar-refractivity contribution >= 4 is 11.0 Å². The Kier molecular flexibility index (Phi) is 3.89. The third-order valence-corrected chi connectivity index (χ3v) is 3.58. The molecule has 0 bridgehead atoms. The van der Waals surface area contributed by atoms with Gasteiger partial charge in [0.25, 0.3) is 0 Å². The highest BCUT2D eigenvalue weighted by molar-refractivity contribution is 5.78. The first-order valence-electron chi connectivity index (χ1n) is 6.96. The molecule has 0 aliphatic heterocycles. The van der Waals surface area contributed by atoms with Gasteiger partial charge in [-0.1, -0.05) is 0 Å². The average Bonchev–Trinajstić information content (AvgIpc) is 2.60. The molecule has 0 aliphatic carbocycles. The van der Waals surface area contributed by atoms with Crippen LogP contribution in [-0.4, -0.2) is 26.3 Å². The van der Waals surface area contributed by atoms with Crippen molar-refractivity contribution in [2.24, 2.45) is 0 Å². The summed E-state index contributed by atoms with van der Waals surface area (Å²) in [6.45, 7) is 0. The van der Waals surface area contributed by atoms with Gasteiger partial charge in [-0.05, 0) is 24.3 Å². The normalized spacial score (nSPS) is 10.6. The molecule has 118 valence electrons. The summed E-state index contributed by atoms with van der Waals surface area (Å²) in [5.41, 5.74) is 2.35. The van der Waals surface area contributed by atoms with Gasteiger partial charge in [-0.2, -0.15) is 4.73 Å². The molecular formula is C17H16N2O4. The van der Waals surface area contributed by atoms with Gasteiger partial charge in [-0.25, -0.2) is 4.98 Å². The van der Waals surface area contributed by atoms with E-state index in [2.05, 4.69) is 4.98 Å². The zero-order chi connectivity index (χ0) is 16.4. The summed E-state index contributed by atoms with van der Waals surface area (Å²) in [5, 5.41) is 12.3.